The topological polar surface area (TPSA) is 61.4 Å². The van der Waals surface area contributed by atoms with Gasteiger partial charge in [-0.1, -0.05) is 6.07 Å². The number of rotatable bonds is 5. The normalized spacial score (nSPS) is 13.5. The number of hydrogen-bond acceptors (Lipinski definition) is 3. The lowest BCUT2D eigenvalue weighted by Crippen LogP contribution is -2.49. The van der Waals surface area contributed by atoms with Crippen LogP contribution in [0.2, 0.25) is 0 Å². The minimum Gasteiger partial charge on any atom is -0.350 e. The van der Waals surface area contributed by atoms with Crippen LogP contribution in [0.25, 0.3) is 0 Å². The van der Waals surface area contributed by atoms with E-state index < -0.39 is 23.7 Å². The fourth-order valence-electron chi connectivity index (χ4n) is 2.04. The highest BCUT2D eigenvalue weighted by Gasteiger charge is 2.30. The third-order valence-electron chi connectivity index (χ3n) is 3.41. The van der Waals surface area contributed by atoms with Crippen molar-refractivity contribution in [1.82, 2.24) is 10.2 Å². The van der Waals surface area contributed by atoms with Crippen molar-refractivity contribution in [2.45, 2.75) is 45.5 Å². The number of likely N-dealkylation sites (N-methyl/N-ethyl adjacent to an activating group) is 1. The molecule has 0 aliphatic rings. The van der Waals surface area contributed by atoms with Crippen molar-refractivity contribution >= 4 is 17.5 Å². The molecule has 25 heavy (non-hydrogen) atoms. The summed E-state index contributed by atoms with van der Waals surface area (Å²) in [5.74, 6) is -0.737. The van der Waals surface area contributed by atoms with Gasteiger partial charge in [0.1, 0.15) is 0 Å². The molecule has 0 fully saturated rings. The second kappa shape index (κ2) is 7.86. The number of nitrogens with zero attached hydrogens (tertiary/aromatic N) is 1. The SMILES string of the molecule is C[C@@H](C(=O)Nc1cccc(C(F)(F)F)c1)N(C)CC(=O)NC(C)(C)C. The van der Waals surface area contributed by atoms with Gasteiger partial charge in [0, 0.05) is 11.2 Å². The Balaban J connectivity index is 2.69. The molecule has 0 saturated heterocycles. The maximum atomic E-state index is 12.7. The summed E-state index contributed by atoms with van der Waals surface area (Å²) in [4.78, 5) is 25.6. The van der Waals surface area contributed by atoms with E-state index in [1.165, 1.54) is 17.0 Å². The highest BCUT2D eigenvalue weighted by molar-refractivity contribution is 5.95. The van der Waals surface area contributed by atoms with Crippen LogP contribution in [-0.4, -0.2) is 41.9 Å². The molecule has 0 aliphatic carbocycles. The van der Waals surface area contributed by atoms with Gasteiger partial charge in [0.25, 0.3) is 0 Å². The predicted octanol–water partition coefficient (Wildman–Crippen LogP) is 2.88. The van der Waals surface area contributed by atoms with E-state index >= 15 is 0 Å². The summed E-state index contributed by atoms with van der Waals surface area (Å²) in [6, 6.07) is 3.72. The lowest BCUT2D eigenvalue weighted by atomic mass is 10.1. The van der Waals surface area contributed by atoms with Crippen LogP contribution in [0.1, 0.15) is 33.3 Å². The van der Waals surface area contributed by atoms with E-state index in [-0.39, 0.29) is 23.7 Å². The van der Waals surface area contributed by atoms with Crippen LogP contribution >= 0.6 is 0 Å². The van der Waals surface area contributed by atoms with E-state index in [1.54, 1.807) is 14.0 Å². The maximum absolute atomic E-state index is 12.7. The summed E-state index contributed by atoms with van der Waals surface area (Å²) in [7, 11) is 1.60. The van der Waals surface area contributed by atoms with Gasteiger partial charge < -0.3 is 10.6 Å². The number of alkyl halides is 3. The second-order valence-electron chi connectivity index (χ2n) is 6.96. The molecule has 1 aromatic rings. The Morgan fingerprint density at radius 2 is 1.80 bits per heavy atom. The smallest absolute Gasteiger partial charge is 0.350 e. The third kappa shape index (κ3) is 7.13. The first-order valence-corrected chi connectivity index (χ1v) is 7.79. The Kier molecular flexibility index (Phi) is 6.59. The summed E-state index contributed by atoms with van der Waals surface area (Å²) in [6.45, 7) is 7.10. The Bertz CT molecular complexity index is 624. The summed E-state index contributed by atoms with van der Waals surface area (Å²) in [5.41, 5.74) is -1.17. The Morgan fingerprint density at radius 3 is 2.32 bits per heavy atom. The highest BCUT2D eigenvalue weighted by atomic mass is 19.4. The number of carbonyl (C=O) groups is 2. The van der Waals surface area contributed by atoms with Gasteiger partial charge in [0.2, 0.25) is 11.8 Å². The van der Waals surface area contributed by atoms with E-state index in [4.69, 9.17) is 0 Å². The lowest BCUT2D eigenvalue weighted by molar-refractivity contribution is -0.137. The summed E-state index contributed by atoms with van der Waals surface area (Å²) >= 11 is 0. The van der Waals surface area contributed by atoms with Gasteiger partial charge in [-0.05, 0) is 52.9 Å². The van der Waals surface area contributed by atoms with E-state index in [2.05, 4.69) is 10.6 Å². The van der Waals surface area contributed by atoms with Crippen LogP contribution < -0.4 is 10.6 Å². The van der Waals surface area contributed by atoms with E-state index in [9.17, 15) is 22.8 Å². The molecule has 0 unspecified atom stereocenters. The average molecular weight is 359 g/mol. The number of carbonyl (C=O) groups excluding carboxylic acids is 2. The first-order valence-electron chi connectivity index (χ1n) is 7.79. The molecule has 5 nitrogen and oxygen atoms in total. The summed E-state index contributed by atoms with van der Waals surface area (Å²) in [6.07, 6.45) is -4.48. The van der Waals surface area contributed by atoms with Gasteiger partial charge in [-0.3, -0.25) is 14.5 Å². The molecule has 140 valence electrons. The molecule has 0 bridgehead atoms. The maximum Gasteiger partial charge on any atom is 0.416 e. The van der Waals surface area contributed by atoms with Gasteiger partial charge >= 0.3 is 6.18 Å². The molecule has 2 amide bonds. The van der Waals surface area contributed by atoms with E-state index in [0.29, 0.717) is 0 Å². The Morgan fingerprint density at radius 1 is 1.20 bits per heavy atom. The second-order valence-corrected chi connectivity index (χ2v) is 6.96. The number of halogens is 3. The molecule has 0 aliphatic heterocycles. The number of anilines is 1. The molecule has 1 aromatic carbocycles. The molecule has 2 N–H and O–H groups in total. The van der Waals surface area contributed by atoms with Crippen molar-refractivity contribution in [1.29, 1.82) is 0 Å². The quantitative estimate of drug-likeness (QED) is 0.850. The first-order chi connectivity index (χ1) is 11.3. The van der Waals surface area contributed by atoms with Crippen LogP contribution in [0.4, 0.5) is 18.9 Å². The van der Waals surface area contributed by atoms with Crippen LogP contribution in [0.15, 0.2) is 24.3 Å². The average Bonchev–Trinajstić information content (AvgIpc) is 2.43. The molecule has 0 radical (unpaired) electrons. The van der Waals surface area contributed by atoms with Crippen LogP contribution in [0.3, 0.4) is 0 Å². The summed E-state index contributed by atoms with van der Waals surface area (Å²) in [5, 5.41) is 5.22. The van der Waals surface area contributed by atoms with Gasteiger partial charge in [0.05, 0.1) is 18.2 Å². The van der Waals surface area contributed by atoms with Crippen molar-refractivity contribution < 1.29 is 22.8 Å². The molecular formula is C17H24F3N3O2. The zero-order chi connectivity index (χ0) is 19.4. The Labute approximate surface area is 145 Å². The molecule has 0 saturated carbocycles. The molecule has 0 spiro atoms. The Hall–Kier alpha value is -2.09. The molecule has 8 heteroatoms. The van der Waals surface area contributed by atoms with Gasteiger partial charge in [-0.15, -0.1) is 0 Å². The largest absolute Gasteiger partial charge is 0.416 e. The number of hydrogen-bond donors (Lipinski definition) is 2. The highest BCUT2D eigenvalue weighted by Crippen LogP contribution is 2.30. The lowest BCUT2D eigenvalue weighted by Gasteiger charge is -2.26. The first kappa shape index (κ1) is 21.0. The minimum absolute atomic E-state index is 0.00551. The number of amides is 2. The van der Waals surface area contributed by atoms with Gasteiger partial charge in [-0.25, -0.2) is 0 Å². The van der Waals surface area contributed by atoms with Gasteiger partial charge in [0.15, 0.2) is 0 Å². The molecule has 1 rings (SSSR count). The van der Waals surface area contributed by atoms with Crippen LogP contribution in [-0.2, 0) is 15.8 Å². The summed E-state index contributed by atoms with van der Waals surface area (Å²) < 4.78 is 38.1. The molecule has 0 aromatic heterocycles. The van der Waals surface area contributed by atoms with Crippen molar-refractivity contribution in [3.8, 4) is 0 Å². The van der Waals surface area contributed by atoms with E-state index in [1.807, 2.05) is 20.8 Å². The number of benzene rings is 1. The van der Waals surface area contributed by atoms with Crippen molar-refractivity contribution in [2.24, 2.45) is 0 Å². The fourth-order valence-corrected chi connectivity index (χ4v) is 2.04. The standard InChI is InChI=1S/C17H24F3N3O2/c1-11(23(5)10-14(24)22-16(2,3)4)15(25)21-13-8-6-7-12(9-13)17(18,19)20/h6-9,11H,10H2,1-5H3,(H,21,25)(H,22,24)/t11-/m0/s1. The predicted molar refractivity (Wildman–Crippen MR) is 90.1 cm³/mol. The molecular weight excluding hydrogens is 335 g/mol. The van der Waals surface area contributed by atoms with Gasteiger partial charge in [-0.2, -0.15) is 13.2 Å². The zero-order valence-corrected chi connectivity index (χ0v) is 15.0. The van der Waals surface area contributed by atoms with Crippen LogP contribution in [0, 0.1) is 0 Å². The van der Waals surface area contributed by atoms with Crippen molar-refractivity contribution in [3.05, 3.63) is 29.8 Å². The molecule has 1 atom stereocenters. The van der Waals surface area contributed by atoms with E-state index in [0.717, 1.165) is 12.1 Å². The minimum atomic E-state index is -4.48. The van der Waals surface area contributed by atoms with Crippen LogP contribution in [0.5, 0.6) is 0 Å². The number of nitrogens with one attached hydrogen (secondary N) is 2. The third-order valence-corrected chi connectivity index (χ3v) is 3.41. The van der Waals surface area contributed by atoms with Crippen molar-refractivity contribution in [2.75, 3.05) is 18.9 Å². The molecule has 0 heterocycles. The fraction of sp³-hybridized carbons (Fsp3) is 0.529. The zero-order valence-electron chi connectivity index (χ0n) is 15.0. The monoisotopic (exact) mass is 359 g/mol. The van der Waals surface area contributed by atoms with Crippen molar-refractivity contribution in [3.63, 3.8) is 0 Å².